The van der Waals surface area contributed by atoms with Gasteiger partial charge in [0, 0.05) is 29.2 Å². The summed E-state index contributed by atoms with van der Waals surface area (Å²) in [6, 6.07) is 5.15. The Kier molecular flexibility index (Phi) is 5.98. The summed E-state index contributed by atoms with van der Waals surface area (Å²) in [7, 11) is 0. The van der Waals surface area contributed by atoms with Crippen LogP contribution < -0.4 is 11.1 Å². The van der Waals surface area contributed by atoms with Crippen molar-refractivity contribution in [1.29, 1.82) is 0 Å². The molecule has 1 aromatic carbocycles. The summed E-state index contributed by atoms with van der Waals surface area (Å²) in [6.45, 7) is 2.22. The molecule has 0 aliphatic carbocycles. The van der Waals surface area contributed by atoms with Crippen LogP contribution in [0.3, 0.4) is 0 Å². The highest BCUT2D eigenvalue weighted by atomic mass is 32.1. The molecule has 0 radical (unpaired) electrons. The first-order chi connectivity index (χ1) is 13.0. The fourth-order valence-corrected chi connectivity index (χ4v) is 3.87. The van der Waals surface area contributed by atoms with Gasteiger partial charge in [-0.25, -0.2) is 8.78 Å². The largest absolute Gasteiger partial charge is 0.347 e. The predicted octanol–water partition coefficient (Wildman–Crippen LogP) is 3.28. The molecule has 3 rings (SSSR count). The Bertz CT molecular complexity index is 924. The Labute approximate surface area is 159 Å². The van der Waals surface area contributed by atoms with Crippen LogP contribution in [-0.2, 0) is 12.8 Å². The van der Waals surface area contributed by atoms with E-state index in [2.05, 4.69) is 15.5 Å². The second kappa shape index (κ2) is 8.41. The topological polar surface area (TPSA) is 83.8 Å². The predicted molar refractivity (Wildman–Crippen MR) is 102 cm³/mol. The zero-order valence-electron chi connectivity index (χ0n) is 14.8. The summed E-state index contributed by atoms with van der Waals surface area (Å²) in [6.07, 6.45) is 4.62. The molecule has 27 heavy (non-hydrogen) atoms. The first-order valence-electron chi connectivity index (χ1n) is 8.58. The second-order valence-corrected chi connectivity index (χ2v) is 7.28. The van der Waals surface area contributed by atoms with E-state index < -0.39 is 11.6 Å². The van der Waals surface area contributed by atoms with Gasteiger partial charge in [0.2, 0.25) is 0 Å². The lowest BCUT2D eigenvalue weighted by Gasteiger charge is -2.16. The lowest BCUT2D eigenvalue weighted by molar-refractivity contribution is 0.0942. The number of hydrogen-bond donors (Lipinski definition) is 3. The van der Waals surface area contributed by atoms with Gasteiger partial charge in [-0.3, -0.25) is 9.89 Å². The van der Waals surface area contributed by atoms with Gasteiger partial charge in [-0.15, -0.1) is 11.3 Å². The molecule has 0 fully saturated rings. The van der Waals surface area contributed by atoms with Crippen molar-refractivity contribution < 1.29 is 13.6 Å². The van der Waals surface area contributed by atoms with E-state index in [1.54, 1.807) is 12.4 Å². The van der Waals surface area contributed by atoms with E-state index in [1.165, 1.54) is 17.4 Å². The third-order valence-electron chi connectivity index (χ3n) is 4.25. The van der Waals surface area contributed by atoms with E-state index in [4.69, 9.17) is 5.73 Å². The number of benzene rings is 1. The number of rotatable bonds is 7. The van der Waals surface area contributed by atoms with Gasteiger partial charge >= 0.3 is 0 Å². The number of halogens is 2. The molecule has 0 aliphatic rings. The quantitative estimate of drug-likeness (QED) is 0.579. The van der Waals surface area contributed by atoms with Gasteiger partial charge in [0.05, 0.1) is 11.1 Å². The molecule has 2 aromatic heterocycles. The van der Waals surface area contributed by atoms with Crippen molar-refractivity contribution in [3.63, 3.8) is 0 Å². The molecule has 3 aromatic rings. The van der Waals surface area contributed by atoms with Crippen molar-refractivity contribution in [2.45, 2.75) is 25.8 Å². The van der Waals surface area contributed by atoms with Gasteiger partial charge in [0.25, 0.3) is 5.91 Å². The summed E-state index contributed by atoms with van der Waals surface area (Å²) < 4.78 is 26.4. The minimum absolute atomic E-state index is 0.186. The molecule has 4 N–H and O–H groups in total. The molecule has 0 aliphatic heterocycles. The van der Waals surface area contributed by atoms with E-state index in [0.29, 0.717) is 16.9 Å². The summed E-state index contributed by atoms with van der Waals surface area (Å²) in [5.41, 5.74) is 8.24. The minimum Gasteiger partial charge on any atom is -0.347 e. The summed E-state index contributed by atoms with van der Waals surface area (Å²) in [4.78, 5) is 14.3. The molecule has 5 nitrogen and oxygen atoms in total. The van der Waals surface area contributed by atoms with Gasteiger partial charge in [0.15, 0.2) is 11.6 Å². The number of nitrogens with two attached hydrogens (primary N) is 1. The normalized spacial score (nSPS) is 12.1. The Morgan fingerprint density at radius 3 is 2.78 bits per heavy atom. The van der Waals surface area contributed by atoms with Crippen molar-refractivity contribution in [2.75, 3.05) is 6.54 Å². The number of hydrogen-bond acceptors (Lipinski definition) is 4. The maximum absolute atomic E-state index is 13.4. The first-order valence-corrected chi connectivity index (χ1v) is 9.40. The monoisotopic (exact) mass is 390 g/mol. The number of carbonyl (C=O) groups is 1. The molecular formula is C19H20F2N4OS. The highest BCUT2D eigenvalue weighted by molar-refractivity contribution is 7.14. The van der Waals surface area contributed by atoms with Crippen LogP contribution in [0, 0.1) is 11.6 Å². The number of amides is 1. The van der Waals surface area contributed by atoms with Crippen molar-refractivity contribution >= 4 is 17.2 Å². The molecule has 1 unspecified atom stereocenters. The van der Waals surface area contributed by atoms with Gasteiger partial charge in [-0.2, -0.15) is 5.10 Å². The molecule has 0 saturated carbocycles. The van der Waals surface area contributed by atoms with Crippen LogP contribution in [0.5, 0.6) is 0 Å². The van der Waals surface area contributed by atoms with Crippen LogP contribution in [0.4, 0.5) is 8.78 Å². The lowest BCUT2D eigenvalue weighted by Crippen LogP contribution is -2.41. The molecule has 0 bridgehead atoms. The Balaban J connectivity index is 1.74. The van der Waals surface area contributed by atoms with Crippen molar-refractivity contribution in [1.82, 2.24) is 15.5 Å². The highest BCUT2D eigenvalue weighted by Gasteiger charge is 2.19. The number of nitrogens with one attached hydrogen (secondary N) is 2. The van der Waals surface area contributed by atoms with Gasteiger partial charge in [-0.05, 0) is 42.2 Å². The van der Waals surface area contributed by atoms with E-state index in [0.717, 1.165) is 34.6 Å². The molecule has 2 heterocycles. The van der Waals surface area contributed by atoms with Crippen LogP contribution in [0.25, 0.3) is 11.1 Å². The summed E-state index contributed by atoms with van der Waals surface area (Å²) in [5, 5.41) is 9.61. The van der Waals surface area contributed by atoms with E-state index in [9.17, 15) is 13.6 Å². The maximum Gasteiger partial charge on any atom is 0.261 e. The number of aromatic nitrogens is 2. The molecular weight excluding hydrogens is 370 g/mol. The zero-order valence-corrected chi connectivity index (χ0v) is 15.6. The SMILES string of the molecule is CCc1sc(C(=O)NC(CN)Cc2ccc(F)c(F)c2)cc1-c1cn[nH]c1. The molecule has 142 valence electrons. The van der Waals surface area contributed by atoms with E-state index in [-0.39, 0.29) is 18.5 Å². The molecule has 8 heteroatoms. The van der Waals surface area contributed by atoms with E-state index in [1.807, 2.05) is 13.0 Å². The average molecular weight is 390 g/mol. The van der Waals surface area contributed by atoms with Crippen molar-refractivity contribution in [3.8, 4) is 11.1 Å². The number of carbonyl (C=O) groups excluding carboxylic acids is 1. The summed E-state index contributed by atoms with van der Waals surface area (Å²) >= 11 is 1.42. The third-order valence-corrected chi connectivity index (χ3v) is 5.53. The van der Waals surface area contributed by atoms with Crippen LogP contribution in [0.1, 0.15) is 27.0 Å². The number of H-pyrrole nitrogens is 1. The Hall–Kier alpha value is -2.58. The van der Waals surface area contributed by atoms with Crippen LogP contribution in [0.15, 0.2) is 36.7 Å². The highest BCUT2D eigenvalue weighted by Crippen LogP contribution is 2.31. The number of aromatic amines is 1. The second-order valence-electron chi connectivity index (χ2n) is 6.15. The molecule has 0 saturated heterocycles. The molecule has 1 atom stereocenters. The molecule has 0 spiro atoms. The van der Waals surface area contributed by atoms with Crippen LogP contribution in [0.2, 0.25) is 0 Å². The van der Waals surface area contributed by atoms with Crippen LogP contribution >= 0.6 is 11.3 Å². The minimum atomic E-state index is -0.912. The Morgan fingerprint density at radius 1 is 1.33 bits per heavy atom. The fourth-order valence-electron chi connectivity index (χ4n) is 2.85. The number of aryl methyl sites for hydroxylation is 1. The van der Waals surface area contributed by atoms with Crippen molar-refractivity contribution in [2.24, 2.45) is 5.73 Å². The summed E-state index contributed by atoms with van der Waals surface area (Å²) in [5.74, 6) is -2.04. The lowest BCUT2D eigenvalue weighted by atomic mass is 10.1. The van der Waals surface area contributed by atoms with Gasteiger partial charge in [-0.1, -0.05) is 13.0 Å². The third kappa shape index (κ3) is 4.40. The van der Waals surface area contributed by atoms with Gasteiger partial charge < -0.3 is 11.1 Å². The number of nitrogens with zero attached hydrogens (tertiary/aromatic N) is 1. The smallest absolute Gasteiger partial charge is 0.261 e. The standard InChI is InChI=1S/C19H20F2N4OS/c1-2-17-14(12-9-23-24-10-12)7-18(27-17)19(26)25-13(8-22)5-11-3-4-15(20)16(21)6-11/h3-4,6-7,9-10,13H,2,5,8,22H2,1H3,(H,23,24)(H,25,26). The number of thiophene rings is 1. The van der Waals surface area contributed by atoms with Crippen molar-refractivity contribution in [3.05, 3.63) is 63.6 Å². The zero-order chi connectivity index (χ0) is 19.4. The average Bonchev–Trinajstić information content (AvgIpc) is 3.32. The maximum atomic E-state index is 13.4. The fraction of sp³-hybridized carbons (Fsp3) is 0.263. The van der Waals surface area contributed by atoms with E-state index >= 15 is 0 Å². The van der Waals surface area contributed by atoms with Crippen LogP contribution in [-0.4, -0.2) is 28.7 Å². The molecule has 1 amide bonds. The first kappa shape index (κ1) is 19.2. The van der Waals surface area contributed by atoms with Gasteiger partial charge in [0.1, 0.15) is 0 Å². The Morgan fingerprint density at radius 2 is 2.15 bits per heavy atom.